The minimum absolute atomic E-state index is 0.179. The molecule has 2 nitrogen and oxygen atoms in total. The third kappa shape index (κ3) is 4.22. The number of halogens is 1. The number of Topliss-reactive ketones (excluding diaryl/α,β-unsaturated/α-hetero) is 1. The van der Waals surface area contributed by atoms with Crippen molar-refractivity contribution in [2.45, 2.75) is 44.6 Å². The van der Waals surface area contributed by atoms with E-state index in [2.05, 4.69) is 0 Å². The smallest absolute Gasteiger partial charge is 0.137 e. The van der Waals surface area contributed by atoms with E-state index in [1.165, 1.54) is 12.1 Å². The lowest BCUT2D eigenvalue weighted by Gasteiger charge is -2.08. The van der Waals surface area contributed by atoms with Crippen molar-refractivity contribution in [2.24, 2.45) is 0 Å². The maximum atomic E-state index is 12.9. The highest BCUT2D eigenvalue weighted by Crippen LogP contribution is 2.18. The normalized spacial score (nSPS) is 19.1. The predicted octanol–water partition coefficient (Wildman–Crippen LogP) is 3.29. The van der Waals surface area contributed by atoms with Gasteiger partial charge in [0.1, 0.15) is 11.6 Å². The van der Waals surface area contributed by atoms with Crippen LogP contribution < -0.4 is 0 Å². The van der Waals surface area contributed by atoms with Gasteiger partial charge in [0.2, 0.25) is 0 Å². The molecule has 1 heterocycles. The summed E-state index contributed by atoms with van der Waals surface area (Å²) in [6.45, 7) is 0.863. The maximum absolute atomic E-state index is 12.9. The van der Waals surface area contributed by atoms with Crippen LogP contribution in [0.4, 0.5) is 4.39 Å². The number of ketones is 1. The lowest BCUT2D eigenvalue weighted by molar-refractivity contribution is -0.118. The third-order valence-corrected chi connectivity index (χ3v) is 3.30. The molecule has 1 aliphatic rings. The first-order valence-electron chi connectivity index (χ1n) is 6.62. The van der Waals surface area contributed by atoms with E-state index in [1.807, 2.05) is 0 Å². The van der Waals surface area contributed by atoms with E-state index in [0.717, 1.165) is 37.9 Å². The van der Waals surface area contributed by atoms with E-state index in [0.29, 0.717) is 18.9 Å². The number of rotatable bonds is 6. The van der Waals surface area contributed by atoms with Crippen molar-refractivity contribution in [1.82, 2.24) is 0 Å². The van der Waals surface area contributed by atoms with Crippen LogP contribution >= 0.6 is 0 Å². The highest BCUT2D eigenvalue weighted by molar-refractivity contribution is 5.80. The molecule has 1 aromatic carbocycles. The molecular weight excluding hydrogens is 231 g/mol. The molecule has 1 aromatic rings. The first-order chi connectivity index (χ1) is 8.74. The summed E-state index contributed by atoms with van der Waals surface area (Å²) in [6, 6.07) is 6.26. The van der Waals surface area contributed by atoms with Gasteiger partial charge in [0, 0.05) is 19.4 Å². The highest BCUT2D eigenvalue weighted by Gasteiger charge is 2.15. The Morgan fingerprint density at radius 1 is 1.44 bits per heavy atom. The van der Waals surface area contributed by atoms with E-state index >= 15 is 0 Å². The van der Waals surface area contributed by atoms with Crippen LogP contribution in [-0.4, -0.2) is 18.5 Å². The number of hydrogen-bond donors (Lipinski definition) is 0. The quantitative estimate of drug-likeness (QED) is 0.774. The molecule has 2 rings (SSSR count). The Morgan fingerprint density at radius 2 is 2.33 bits per heavy atom. The molecule has 0 spiro atoms. The van der Waals surface area contributed by atoms with Crippen LogP contribution in [0.1, 0.15) is 37.7 Å². The Labute approximate surface area is 107 Å². The van der Waals surface area contributed by atoms with Crippen molar-refractivity contribution < 1.29 is 13.9 Å². The molecule has 3 heteroatoms. The van der Waals surface area contributed by atoms with Crippen molar-refractivity contribution in [1.29, 1.82) is 0 Å². The second-order valence-electron chi connectivity index (χ2n) is 4.87. The average Bonchev–Trinajstić information content (AvgIpc) is 2.82. The van der Waals surface area contributed by atoms with Crippen LogP contribution in [0.3, 0.4) is 0 Å². The van der Waals surface area contributed by atoms with Crippen molar-refractivity contribution in [3.8, 4) is 0 Å². The van der Waals surface area contributed by atoms with Crippen molar-refractivity contribution in [2.75, 3.05) is 6.61 Å². The number of hydrogen-bond acceptors (Lipinski definition) is 2. The SMILES string of the molecule is O=C(CCCC1CCCO1)Cc1cccc(F)c1. The van der Waals surface area contributed by atoms with Crippen molar-refractivity contribution in [3.63, 3.8) is 0 Å². The van der Waals surface area contributed by atoms with Gasteiger partial charge >= 0.3 is 0 Å². The van der Waals surface area contributed by atoms with Crippen molar-refractivity contribution >= 4 is 5.78 Å². The van der Waals surface area contributed by atoms with Crippen molar-refractivity contribution in [3.05, 3.63) is 35.6 Å². The molecule has 0 aromatic heterocycles. The molecule has 0 radical (unpaired) electrons. The van der Waals surface area contributed by atoms with Gasteiger partial charge in [0.15, 0.2) is 0 Å². The van der Waals surface area contributed by atoms with Gasteiger partial charge in [-0.25, -0.2) is 4.39 Å². The zero-order chi connectivity index (χ0) is 12.8. The molecule has 1 saturated heterocycles. The lowest BCUT2D eigenvalue weighted by Crippen LogP contribution is -2.07. The second kappa shape index (κ2) is 6.64. The monoisotopic (exact) mass is 250 g/mol. The van der Waals surface area contributed by atoms with Gasteiger partial charge in [0.05, 0.1) is 6.10 Å². The van der Waals surface area contributed by atoms with E-state index in [9.17, 15) is 9.18 Å². The Balaban J connectivity index is 1.68. The summed E-state index contributed by atoms with van der Waals surface area (Å²) >= 11 is 0. The summed E-state index contributed by atoms with van der Waals surface area (Å²) in [4.78, 5) is 11.7. The van der Waals surface area contributed by atoms with E-state index < -0.39 is 0 Å². The first kappa shape index (κ1) is 13.2. The van der Waals surface area contributed by atoms with E-state index in [-0.39, 0.29) is 11.6 Å². The Morgan fingerprint density at radius 3 is 3.06 bits per heavy atom. The van der Waals surface area contributed by atoms with Crippen LogP contribution in [0.15, 0.2) is 24.3 Å². The summed E-state index contributed by atoms with van der Waals surface area (Å²) in [5.41, 5.74) is 0.761. The van der Waals surface area contributed by atoms with Gasteiger partial charge < -0.3 is 4.74 Å². The number of carbonyl (C=O) groups is 1. The fourth-order valence-electron chi connectivity index (χ4n) is 2.36. The molecule has 0 amide bonds. The van der Waals surface area contributed by atoms with Gasteiger partial charge in [0.25, 0.3) is 0 Å². The fourth-order valence-corrected chi connectivity index (χ4v) is 2.36. The topological polar surface area (TPSA) is 26.3 Å². The predicted molar refractivity (Wildman–Crippen MR) is 67.9 cm³/mol. The number of benzene rings is 1. The standard InChI is InChI=1S/C15H19FO2/c16-13-5-1-4-12(10-13)11-14(17)6-2-7-15-8-3-9-18-15/h1,4-5,10,15H,2-3,6-9,11H2. The molecule has 1 unspecified atom stereocenters. The molecule has 0 bridgehead atoms. The summed E-state index contributed by atoms with van der Waals surface area (Å²) in [7, 11) is 0. The average molecular weight is 250 g/mol. The van der Waals surface area contributed by atoms with Crippen LogP contribution in [0, 0.1) is 5.82 Å². The summed E-state index contributed by atoms with van der Waals surface area (Å²) < 4.78 is 18.5. The first-order valence-corrected chi connectivity index (χ1v) is 6.62. The number of ether oxygens (including phenoxy) is 1. The Hall–Kier alpha value is -1.22. The van der Waals surface area contributed by atoms with E-state index in [1.54, 1.807) is 12.1 Å². The molecule has 1 fully saturated rings. The molecule has 98 valence electrons. The zero-order valence-electron chi connectivity index (χ0n) is 10.5. The van der Waals surface area contributed by atoms with Crippen LogP contribution in [-0.2, 0) is 16.0 Å². The second-order valence-corrected chi connectivity index (χ2v) is 4.87. The minimum atomic E-state index is -0.278. The molecule has 0 saturated carbocycles. The molecule has 18 heavy (non-hydrogen) atoms. The number of carbonyl (C=O) groups excluding carboxylic acids is 1. The largest absolute Gasteiger partial charge is 0.378 e. The lowest BCUT2D eigenvalue weighted by atomic mass is 10.0. The summed E-state index contributed by atoms with van der Waals surface area (Å²) in [5.74, 6) is -0.0988. The molecule has 0 aliphatic carbocycles. The fraction of sp³-hybridized carbons (Fsp3) is 0.533. The van der Waals surface area contributed by atoms with Gasteiger partial charge in [-0.1, -0.05) is 12.1 Å². The molecular formula is C15H19FO2. The van der Waals surface area contributed by atoms with Gasteiger partial charge in [-0.15, -0.1) is 0 Å². The maximum Gasteiger partial charge on any atom is 0.137 e. The van der Waals surface area contributed by atoms with Crippen LogP contribution in [0.2, 0.25) is 0 Å². The minimum Gasteiger partial charge on any atom is -0.378 e. The zero-order valence-corrected chi connectivity index (χ0v) is 10.5. The molecule has 0 N–H and O–H groups in total. The highest BCUT2D eigenvalue weighted by atomic mass is 19.1. The molecule has 1 atom stereocenters. The Kier molecular flexibility index (Phi) is 4.88. The third-order valence-electron chi connectivity index (χ3n) is 3.30. The summed E-state index contributed by atoms with van der Waals surface area (Å²) in [6.07, 6.45) is 5.36. The van der Waals surface area contributed by atoms with E-state index in [4.69, 9.17) is 4.74 Å². The van der Waals surface area contributed by atoms with Gasteiger partial charge in [-0.3, -0.25) is 4.79 Å². The Bertz CT molecular complexity index is 397. The van der Waals surface area contributed by atoms with Crippen LogP contribution in [0.5, 0.6) is 0 Å². The van der Waals surface area contributed by atoms with Gasteiger partial charge in [-0.05, 0) is 43.4 Å². The summed E-state index contributed by atoms with van der Waals surface area (Å²) in [5, 5.41) is 0. The van der Waals surface area contributed by atoms with Crippen LogP contribution in [0.25, 0.3) is 0 Å². The van der Waals surface area contributed by atoms with Gasteiger partial charge in [-0.2, -0.15) is 0 Å². The molecule has 1 aliphatic heterocycles.